The Bertz CT molecular complexity index is 1170. The van der Waals surface area contributed by atoms with Crippen molar-refractivity contribution < 1.29 is 18.0 Å². The minimum absolute atomic E-state index is 0.241. The smallest absolute Gasteiger partial charge is 0.362 e. The fourth-order valence-electron chi connectivity index (χ4n) is 5.11. The average molecular weight is 438 g/mol. The molecule has 1 unspecified atom stereocenters. The van der Waals surface area contributed by atoms with Crippen LogP contribution in [-0.2, 0) is 16.4 Å². The molecule has 0 aromatic heterocycles. The third-order valence-corrected chi connectivity index (χ3v) is 6.56. The first kappa shape index (κ1) is 20.5. The van der Waals surface area contributed by atoms with Crippen molar-refractivity contribution >= 4 is 5.91 Å². The van der Waals surface area contributed by atoms with Gasteiger partial charge in [0, 0.05) is 17.7 Å². The van der Waals surface area contributed by atoms with Gasteiger partial charge in [-0.15, -0.1) is 0 Å². The predicted octanol–water partition coefficient (Wildman–Crippen LogP) is 5.15. The van der Waals surface area contributed by atoms with Gasteiger partial charge in [-0.2, -0.15) is 23.4 Å². The molecule has 0 radical (unpaired) electrons. The number of fused-ring (bicyclic) bond motifs is 1. The van der Waals surface area contributed by atoms with Gasteiger partial charge in [0.2, 0.25) is 0 Å². The van der Waals surface area contributed by atoms with Crippen molar-refractivity contribution in [2.75, 3.05) is 0 Å². The third-order valence-electron chi connectivity index (χ3n) is 6.56. The van der Waals surface area contributed by atoms with Crippen LogP contribution in [0.3, 0.4) is 0 Å². The summed E-state index contributed by atoms with van der Waals surface area (Å²) in [4.78, 5) is 13.5. The molecule has 164 valence electrons. The molecule has 2 aromatic carbocycles. The van der Waals surface area contributed by atoms with Crippen LogP contribution in [0.25, 0.3) is 0 Å². The molecular weight excluding hydrogens is 417 g/mol. The molecule has 3 aliphatic heterocycles. The van der Waals surface area contributed by atoms with E-state index < -0.39 is 23.3 Å². The summed E-state index contributed by atoms with van der Waals surface area (Å²) < 4.78 is 40.6. The van der Waals surface area contributed by atoms with E-state index in [1.54, 1.807) is 12.3 Å². The highest BCUT2D eigenvalue weighted by Crippen LogP contribution is 2.52. The lowest BCUT2D eigenvalue weighted by Crippen LogP contribution is -2.53. The van der Waals surface area contributed by atoms with E-state index in [2.05, 4.69) is 20.9 Å². The van der Waals surface area contributed by atoms with Crippen molar-refractivity contribution in [2.45, 2.75) is 43.6 Å². The van der Waals surface area contributed by atoms with E-state index in [0.717, 1.165) is 17.7 Å². The van der Waals surface area contributed by atoms with Crippen molar-refractivity contribution in [1.29, 1.82) is 0 Å². The van der Waals surface area contributed by atoms with E-state index >= 15 is 0 Å². The number of nitrogens with one attached hydrogen (secondary N) is 2. The second-order valence-corrected chi connectivity index (χ2v) is 8.19. The first-order valence-electron chi connectivity index (χ1n) is 10.5. The number of hydrogen-bond donors (Lipinski definition) is 2. The van der Waals surface area contributed by atoms with Gasteiger partial charge in [-0.25, -0.2) is 0 Å². The second kappa shape index (κ2) is 7.32. The lowest BCUT2D eigenvalue weighted by atomic mass is 9.62. The van der Waals surface area contributed by atoms with Gasteiger partial charge in [0.25, 0.3) is 5.91 Å². The highest BCUT2D eigenvalue weighted by atomic mass is 19.4. The van der Waals surface area contributed by atoms with Crippen LogP contribution in [0.1, 0.15) is 42.5 Å². The van der Waals surface area contributed by atoms with E-state index in [4.69, 9.17) is 0 Å². The van der Waals surface area contributed by atoms with Gasteiger partial charge in [0.15, 0.2) is 6.17 Å². The largest absolute Gasteiger partial charge is 0.416 e. The Morgan fingerprint density at radius 3 is 2.59 bits per heavy atom. The van der Waals surface area contributed by atoms with Crippen molar-refractivity contribution in [1.82, 2.24) is 10.6 Å². The summed E-state index contributed by atoms with van der Waals surface area (Å²) in [5.41, 5.74) is 1.41. The number of carbonyl (C=O) groups is 1. The normalized spacial score (nSPS) is 26.8. The zero-order chi connectivity index (χ0) is 22.5. The summed E-state index contributed by atoms with van der Waals surface area (Å²) in [5.74, 6) is -0.293. The Balaban J connectivity index is 1.69. The van der Waals surface area contributed by atoms with E-state index in [9.17, 15) is 18.0 Å². The topological polar surface area (TPSA) is 65.8 Å². The molecule has 8 heteroatoms. The highest BCUT2D eigenvalue weighted by Gasteiger charge is 2.52. The quantitative estimate of drug-likeness (QED) is 0.696. The second-order valence-electron chi connectivity index (χ2n) is 8.19. The molecule has 3 atom stereocenters. The number of halogens is 3. The van der Waals surface area contributed by atoms with Gasteiger partial charge in [0.1, 0.15) is 0 Å². The Hall–Kier alpha value is -3.42. The van der Waals surface area contributed by atoms with Crippen LogP contribution < -0.4 is 10.6 Å². The number of benzene rings is 2. The molecule has 32 heavy (non-hydrogen) atoms. The summed E-state index contributed by atoms with van der Waals surface area (Å²) >= 11 is 0. The fraction of sp³-hybridized carbons (Fsp3) is 0.292. The van der Waals surface area contributed by atoms with Gasteiger partial charge >= 0.3 is 6.18 Å². The number of nitrogens with zero attached hydrogens (tertiary/aromatic N) is 2. The van der Waals surface area contributed by atoms with Crippen LogP contribution >= 0.6 is 0 Å². The Kier molecular flexibility index (Phi) is 4.69. The lowest BCUT2D eigenvalue weighted by Gasteiger charge is -2.46. The number of azo groups is 1. The standard InChI is InChI=1S/C24H21F3N4O/c1-2-23(15-9-6-10-16(11-15)24(25,26)27)17-13-28-31-21(17)29-19-12-18(30-22(32)20(19)23)14-7-4-3-5-8-14/h3-11,13,18,21,29H,2,12H2,1H3,(H,30,32)/t18-,21?,23+/m1/s1. The van der Waals surface area contributed by atoms with Crippen molar-refractivity contribution in [2.24, 2.45) is 10.2 Å². The van der Waals surface area contributed by atoms with E-state index in [-0.39, 0.29) is 11.9 Å². The van der Waals surface area contributed by atoms with Crippen LogP contribution in [0.4, 0.5) is 13.2 Å². The first-order valence-corrected chi connectivity index (χ1v) is 10.5. The summed E-state index contributed by atoms with van der Waals surface area (Å²) in [6.45, 7) is 1.88. The monoisotopic (exact) mass is 438 g/mol. The number of carbonyl (C=O) groups excluding carboxylic acids is 1. The Labute approximate surface area is 183 Å². The average Bonchev–Trinajstić information content (AvgIpc) is 3.26. The zero-order valence-electron chi connectivity index (χ0n) is 17.3. The van der Waals surface area contributed by atoms with E-state index in [0.29, 0.717) is 35.2 Å². The molecule has 1 amide bonds. The summed E-state index contributed by atoms with van der Waals surface area (Å²) in [6, 6.07) is 14.6. The predicted molar refractivity (Wildman–Crippen MR) is 112 cm³/mol. The molecule has 5 rings (SSSR count). The summed E-state index contributed by atoms with van der Waals surface area (Å²) in [5, 5.41) is 14.7. The number of rotatable bonds is 3. The molecule has 0 bridgehead atoms. The maximum absolute atomic E-state index is 13.5. The van der Waals surface area contributed by atoms with Crippen LogP contribution in [-0.4, -0.2) is 12.1 Å². The molecule has 0 saturated heterocycles. The van der Waals surface area contributed by atoms with E-state index in [1.165, 1.54) is 6.07 Å². The molecule has 0 spiro atoms. The minimum Gasteiger partial charge on any atom is -0.362 e. The summed E-state index contributed by atoms with van der Waals surface area (Å²) in [6.07, 6.45) is -2.54. The molecule has 5 nitrogen and oxygen atoms in total. The maximum Gasteiger partial charge on any atom is 0.416 e. The molecule has 2 N–H and O–H groups in total. The van der Waals surface area contributed by atoms with Gasteiger partial charge in [-0.1, -0.05) is 55.5 Å². The molecule has 0 fully saturated rings. The van der Waals surface area contributed by atoms with Crippen molar-refractivity contribution in [3.05, 3.63) is 94.3 Å². The third kappa shape index (κ3) is 3.04. The highest BCUT2D eigenvalue weighted by molar-refractivity contribution is 5.99. The van der Waals surface area contributed by atoms with Crippen LogP contribution in [0, 0.1) is 0 Å². The molecule has 3 aliphatic rings. The van der Waals surface area contributed by atoms with Gasteiger partial charge in [-0.05, 0) is 23.6 Å². The number of alkyl halides is 3. The van der Waals surface area contributed by atoms with E-state index in [1.807, 2.05) is 37.3 Å². The zero-order valence-corrected chi connectivity index (χ0v) is 17.3. The lowest BCUT2D eigenvalue weighted by molar-refractivity contribution is -0.137. The van der Waals surface area contributed by atoms with Crippen molar-refractivity contribution in [3.8, 4) is 0 Å². The Morgan fingerprint density at radius 1 is 1.09 bits per heavy atom. The molecular formula is C24H21F3N4O. The van der Waals surface area contributed by atoms with Crippen LogP contribution in [0.15, 0.2) is 87.9 Å². The van der Waals surface area contributed by atoms with Crippen LogP contribution in [0.5, 0.6) is 0 Å². The van der Waals surface area contributed by atoms with Gasteiger partial charge < -0.3 is 10.6 Å². The maximum atomic E-state index is 13.5. The SMILES string of the molecule is CC[C@]1(c2cccc(C(F)(F)F)c2)C2=CN=NC2NC2=C1C(=O)N[C@@H](c1ccccc1)C2. The number of amides is 1. The van der Waals surface area contributed by atoms with Crippen molar-refractivity contribution in [3.63, 3.8) is 0 Å². The molecule has 3 heterocycles. The molecule has 0 aliphatic carbocycles. The minimum atomic E-state index is -4.49. The van der Waals surface area contributed by atoms with Gasteiger partial charge in [0.05, 0.1) is 28.8 Å². The van der Waals surface area contributed by atoms with Crippen LogP contribution in [0.2, 0.25) is 0 Å². The molecule has 0 saturated carbocycles. The van der Waals surface area contributed by atoms with Gasteiger partial charge in [-0.3, -0.25) is 4.79 Å². The fourth-order valence-corrected chi connectivity index (χ4v) is 5.11. The Morgan fingerprint density at radius 2 is 1.88 bits per heavy atom. The summed E-state index contributed by atoms with van der Waals surface area (Å²) in [7, 11) is 0. The number of hydrogen-bond acceptors (Lipinski definition) is 4. The molecule has 2 aromatic rings. The first-order chi connectivity index (χ1) is 15.3.